The Labute approximate surface area is 167 Å². The van der Waals surface area contributed by atoms with Crippen molar-refractivity contribution >= 4 is 55.8 Å². The van der Waals surface area contributed by atoms with Crippen LogP contribution in [0.5, 0.6) is 0 Å². The average molecular weight is 417 g/mol. The second-order valence-electron chi connectivity index (χ2n) is 5.68. The molecule has 0 aliphatic rings. The molecule has 0 atom stereocenters. The van der Waals surface area contributed by atoms with Crippen LogP contribution < -0.4 is 5.56 Å². The van der Waals surface area contributed by atoms with Crippen LogP contribution in [0.4, 0.5) is 0 Å². The first kappa shape index (κ1) is 18.0. The van der Waals surface area contributed by atoms with E-state index in [4.69, 9.17) is 16.3 Å². The summed E-state index contributed by atoms with van der Waals surface area (Å²) >= 11 is 8.63. The van der Waals surface area contributed by atoms with E-state index in [1.165, 1.54) is 29.2 Å². The van der Waals surface area contributed by atoms with E-state index in [1.807, 2.05) is 36.4 Å². The number of benzene rings is 2. The van der Waals surface area contributed by atoms with Gasteiger partial charge < -0.3 is 4.74 Å². The van der Waals surface area contributed by atoms with Gasteiger partial charge in [0, 0.05) is 16.0 Å². The number of nitrogens with zero attached hydrogens (tertiary/aromatic N) is 2. The molecule has 27 heavy (non-hydrogen) atoms. The van der Waals surface area contributed by atoms with Crippen molar-refractivity contribution < 1.29 is 9.53 Å². The number of carbonyl (C=O) groups is 1. The molecule has 2 aromatic carbocycles. The minimum atomic E-state index is -0.367. The van der Waals surface area contributed by atoms with Gasteiger partial charge in [0.05, 0.1) is 21.7 Å². The number of hydrogen-bond acceptors (Lipinski definition) is 6. The number of hydrogen-bond donors (Lipinski definition) is 0. The monoisotopic (exact) mass is 416 g/mol. The van der Waals surface area contributed by atoms with Crippen LogP contribution in [0.2, 0.25) is 5.02 Å². The molecule has 2 heterocycles. The quantitative estimate of drug-likeness (QED) is 0.356. The summed E-state index contributed by atoms with van der Waals surface area (Å²) in [5.41, 5.74) is 1.09. The molecule has 2 aromatic heterocycles. The summed E-state index contributed by atoms with van der Waals surface area (Å²) in [5, 5.41) is 0.649. The normalized spacial score (nSPS) is 11.1. The number of para-hydroxylation sites is 1. The van der Waals surface area contributed by atoms with Crippen LogP contribution in [-0.2, 0) is 16.1 Å². The minimum absolute atomic E-state index is 0.0278. The van der Waals surface area contributed by atoms with Gasteiger partial charge in [-0.05, 0) is 36.4 Å². The molecule has 0 radical (unpaired) electrons. The zero-order chi connectivity index (χ0) is 18.8. The zero-order valence-corrected chi connectivity index (χ0v) is 16.3. The molecule has 0 aliphatic carbocycles. The minimum Gasteiger partial charge on any atom is -0.459 e. The van der Waals surface area contributed by atoms with Gasteiger partial charge in [-0.2, -0.15) is 0 Å². The average Bonchev–Trinajstić information content (AvgIpc) is 3.05. The zero-order valence-electron chi connectivity index (χ0n) is 13.9. The van der Waals surface area contributed by atoms with Crippen LogP contribution in [0.15, 0.2) is 64.3 Å². The molecule has 0 fully saturated rings. The Morgan fingerprint density at radius 3 is 2.78 bits per heavy atom. The molecule has 4 rings (SSSR count). The molecule has 0 amide bonds. The first-order valence-corrected chi connectivity index (χ1v) is 10.2. The highest BCUT2D eigenvalue weighted by atomic mass is 35.5. The maximum atomic E-state index is 12.4. The predicted molar refractivity (Wildman–Crippen MR) is 109 cm³/mol. The number of thiazole rings is 1. The molecule has 8 heteroatoms. The fourth-order valence-corrected chi connectivity index (χ4v) is 4.44. The standard InChI is InChI=1S/C19H13ClN2O3S2/c20-12-5-7-14(8-6-12)26-11-18(24)25-10-13-9-17(23)22-15-3-1-2-4-16(15)27-19(22)21-13/h1-9H,10-11H2. The highest BCUT2D eigenvalue weighted by Gasteiger charge is 2.11. The lowest BCUT2D eigenvalue weighted by Crippen LogP contribution is -2.15. The summed E-state index contributed by atoms with van der Waals surface area (Å²) < 4.78 is 7.81. The highest BCUT2D eigenvalue weighted by Crippen LogP contribution is 2.24. The van der Waals surface area contributed by atoms with E-state index in [0.717, 1.165) is 15.1 Å². The molecule has 0 N–H and O–H groups in total. The Balaban J connectivity index is 1.44. The Kier molecular flexibility index (Phi) is 5.15. The first-order valence-electron chi connectivity index (χ1n) is 8.04. The van der Waals surface area contributed by atoms with Gasteiger partial charge in [-0.1, -0.05) is 35.1 Å². The van der Waals surface area contributed by atoms with Crippen LogP contribution in [0.25, 0.3) is 15.2 Å². The third-order valence-electron chi connectivity index (χ3n) is 3.80. The largest absolute Gasteiger partial charge is 0.459 e. The van der Waals surface area contributed by atoms with Gasteiger partial charge >= 0.3 is 5.97 Å². The summed E-state index contributed by atoms with van der Waals surface area (Å²) in [4.78, 5) is 30.4. The van der Waals surface area contributed by atoms with Gasteiger partial charge in [0.15, 0.2) is 4.96 Å². The Morgan fingerprint density at radius 2 is 1.96 bits per heavy atom. The highest BCUT2D eigenvalue weighted by molar-refractivity contribution is 8.00. The number of thioether (sulfide) groups is 1. The lowest BCUT2D eigenvalue weighted by Gasteiger charge is -2.05. The number of esters is 1. The van der Waals surface area contributed by atoms with E-state index in [1.54, 1.807) is 16.5 Å². The lowest BCUT2D eigenvalue weighted by atomic mass is 10.3. The van der Waals surface area contributed by atoms with E-state index in [-0.39, 0.29) is 23.9 Å². The van der Waals surface area contributed by atoms with Crippen molar-refractivity contribution in [3.8, 4) is 0 Å². The van der Waals surface area contributed by atoms with Crippen molar-refractivity contribution in [1.82, 2.24) is 9.38 Å². The second-order valence-corrected chi connectivity index (χ2v) is 8.17. The molecule has 0 saturated heterocycles. The molecule has 5 nitrogen and oxygen atoms in total. The van der Waals surface area contributed by atoms with Gasteiger partial charge in [-0.15, -0.1) is 11.8 Å². The van der Waals surface area contributed by atoms with E-state index in [0.29, 0.717) is 15.7 Å². The fraction of sp³-hybridized carbons (Fsp3) is 0.105. The van der Waals surface area contributed by atoms with Crippen LogP contribution in [0.1, 0.15) is 5.69 Å². The van der Waals surface area contributed by atoms with E-state index < -0.39 is 0 Å². The van der Waals surface area contributed by atoms with E-state index in [9.17, 15) is 9.59 Å². The second kappa shape index (κ2) is 7.72. The maximum Gasteiger partial charge on any atom is 0.316 e. The molecular weight excluding hydrogens is 404 g/mol. The predicted octanol–water partition coefficient (Wildman–Crippen LogP) is 4.40. The smallest absolute Gasteiger partial charge is 0.316 e. The summed E-state index contributed by atoms with van der Waals surface area (Å²) in [7, 11) is 0. The number of carbonyl (C=O) groups excluding carboxylic acids is 1. The topological polar surface area (TPSA) is 60.7 Å². The van der Waals surface area contributed by atoms with Crippen molar-refractivity contribution in [2.75, 3.05) is 5.75 Å². The van der Waals surface area contributed by atoms with E-state index in [2.05, 4.69) is 4.98 Å². The van der Waals surface area contributed by atoms with E-state index >= 15 is 0 Å². The number of ether oxygens (including phenoxy) is 1. The van der Waals surface area contributed by atoms with Crippen molar-refractivity contribution in [2.24, 2.45) is 0 Å². The van der Waals surface area contributed by atoms with Crippen molar-refractivity contribution in [3.63, 3.8) is 0 Å². The van der Waals surface area contributed by atoms with Crippen LogP contribution in [0.3, 0.4) is 0 Å². The van der Waals surface area contributed by atoms with Crippen molar-refractivity contribution in [2.45, 2.75) is 11.5 Å². The SMILES string of the molecule is O=C(CSc1ccc(Cl)cc1)OCc1cc(=O)n2c(n1)sc1ccccc12. The first-order chi connectivity index (χ1) is 13.1. The number of halogens is 1. The van der Waals surface area contributed by atoms with Crippen LogP contribution in [-0.4, -0.2) is 21.1 Å². The third kappa shape index (κ3) is 4.00. The van der Waals surface area contributed by atoms with Crippen LogP contribution in [0, 0.1) is 0 Å². The molecule has 0 aliphatic heterocycles. The lowest BCUT2D eigenvalue weighted by molar-refractivity contribution is -0.141. The van der Waals surface area contributed by atoms with Gasteiger partial charge in [0.1, 0.15) is 6.61 Å². The molecule has 0 bridgehead atoms. The van der Waals surface area contributed by atoms with Gasteiger partial charge in [-0.25, -0.2) is 4.98 Å². The number of rotatable bonds is 5. The van der Waals surface area contributed by atoms with Gasteiger partial charge in [-0.3, -0.25) is 14.0 Å². The summed E-state index contributed by atoms with van der Waals surface area (Å²) in [6, 6.07) is 16.3. The van der Waals surface area contributed by atoms with Crippen molar-refractivity contribution in [1.29, 1.82) is 0 Å². The van der Waals surface area contributed by atoms with Gasteiger partial charge in [0.25, 0.3) is 5.56 Å². The van der Waals surface area contributed by atoms with Crippen molar-refractivity contribution in [3.05, 3.63) is 75.7 Å². The molecule has 0 spiro atoms. The molecule has 0 saturated carbocycles. The number of fused-ring (bicyclic) bond motifs is 3. The third-order valence-corrected chi connectivity index (χ3v) is 6.06. The Hall–Kier alpha value is -2.35. The molecule has 0 unspecified atom stereocenters. The summed E-state index contributed by atoms with van der Waals surface area (Å²) in [6.07, 6.45) is 0. The Morgan fingerprint density at radius 1 is 1.19 bits per heavy atom. The van der Waals surface area contributed by atoms with Crippen LogP contribution >= 0.6 is 34.7 Å². The molecular formula is C19H13ClN2O3S2. The van der Waals surface area contributed by atoms with Gasteiger partial charge in [0.2, 0.25) is 0 Å². The fourth-order valence-electron chi connectivity index (χ4n) is 2.57. The molecule has 4 aromatic rings. The maximum absolute atomic E-state index is 12.4. The number of aromatic nitrogens is 2. The summed E-state index contributed by atoms with van der Waals surface area (Å²) in [6.45, 7) is -0.0278. The molecule has 136 valence electrons. The Bertz CT molecular complexity index is 1190. The summed E-state index contributed by atoms with van der Waals surface area (Å²) in [5.74, 6) is -0.195.